The molecule has 2 aliphatic heterocycles. The first kappa shape index (κ1) is 31.3. The highest BCUT2D eigenvalue weighted by molar-refractivity contribution is 5.70. The molecule has 0 bridgehead atoms. The van der Waals surface area contributed by atoms with Crippen molar-refractivity contribution in [1.82, 2.24) is 0 Å². The molecule has 0 saturated carbocycles. The first-order valence-electron chi connectivity index (χ1n) is 16.8. The van der Waals surface area contributed by atoms with Gasteiger partial charge in [0.25, 0.3) is 0 Å². The first-order valence-corrected chi connectivity index (χ1v) is 16.8. The summed E-state index contributed by atoms with van der Waals surface area (Å²) in [7, 11) is 0. The minimum Gasteiger partial charge on any atom is -0.508 e. The second-order valence-electron chi connectivity index (χ2n) is 13.7. The van der Waals surface area contributed by atoms with E-state index in [1.165, 1.54) is 42.5 Å². The van der Waals surface area contributed by atoms with Gasteiger partial charge < -0.3 is 50.3 Å². The van der Waals surface area contributed by atoms with Crippen molar-refractivity contribution in [1.29, 1.82) is 0 Å². The van der Waals surface area contributed by atoms with Gasteiger partial charge in [-0.05, 0) is 88.8 Å². The second kappa shape index (κ2) is 11.4. The van der Waals surface area contributed by atoms with E-state index in [4.69, 9.17) is 9.47 Å². The van der Waals surface area contributed by atoms with Crippen molar-refractivity contribution in [3.05, 3.63) is 153 Å². The number of benzene rings is 6. The van der Waals surface area contributed by atoms with E-state index in [1.807, 2.05) is 6.07 Å². The Morgan fingerprint density at radius 2 is 0.981 bits per heavy atom. The summed E-state index contributed by atoms with van der Waals surface area (Å²) in [5.41, 5.74) is 5.29. The molecule has 0 aromatic heterocycles. The molecule has 2 heterocycles. The average Bonchev–Trinajstić information content (AvgIpc) is 3.63. The molecular formula is C42H32O10. The molecular weight excluding hydrogens is 664 g/mol. The summed E-state index contributed by atoms with van der Waals surface area (Å²) >= 11 is 0. The smallest absolute Gasteiger partial charge is 0.135 e. The van der Waals surface area contributed by atoms with Crippen molar-refractivity contribution in [2.45, 2.75) is 36.4 Å². The molecule has 5 unspecified atom stereocenters. The second-order valence-corrected chi connectivity index (χ2v) is 13.7. The van der Waals surface area contributed by atoms with Crippen molar-refractivity contribution in [3.8, 4) is 57.5 Å². The van der Waals surface area contributed by atoms with Crippen LogP contribution in [-0.4, -0.2) is 40.9 Å². The Hall–Kier alpha value is -6.68. The van der Waals surface area contributed by atoms with Crippen LogP contribution in [0.2, 0.25) is 0 Å². The Morgan fingerprint density at radius 1 is 0.423 bits per heavy atom. The number of hydrogen-bond acceptors (Lipinski definition) is 10. The normalized spacial score (nSPS) is 21.0. The number of phenols is 8. The molecule has 0 fully saturated rings. The Kier molecular flexibility index (Phi) is 6.88. The van der Waals surface area contributed by atoms with Crippen molar-refractivity contribution < 1.29 is 50.3 Å². The van der Waals surface area contributed by atoms with Crippen LogP contribution in [0, 0.1) is 0 Å². The van der Waals surface area contributed by atoms with Crippen LogP contribution in [0.3, 0.4) is 0 Å². The molecule has 3 aliphatic rings. The molecule has 9 rings (SSSR count). The minimum absolute atomic E-state index is 0.0194. The van der Waals surface area contributed by atoms with E-state index in [0.717, 1.165) is 16.7 Å². The summed E-state index contributed by atoms with van der Waals surface area (Å²) in [6.07, 6.45) is -1.20. The monoisotopic (exact) mass is 696 g/mol. The lowest BCUT2D eigenvalue weighted by Gasteiger charge is -2.27. The molecule has 6 aromatic carbocycles. The molecule has 0 radical (unpaired) electrons. The number of rotatable bonds is 4. The van der Waals surface area contributed by atoms with Crippen LogP contribution in [0.4, 0.5) is 0 Å². The predicted molar refractivity (Wildman–Crippen MR) is 188 cm³/mol. The van der Waals surface area contributed by atoms with Crippen LogP contribution >= 0.6 is 0 Å². The average molecular weight is 697 g/mol. The molecule has 10 nitrogen and oxygen atoms in total. The highest BCUT2D eigenvalue weighted by Gasteiger charge is 2.48. The third-order valence-electron chi connectivity index (χ3n) is 10.5. The van der Waals surface area contributed by atoms with Gasteiger partial charge in [0.1, 0.15) is 69.7 Å². The van der Waals surface area contributed by atoms with Gasteiger partial charge in [-0.15, -0.1) is 0 Å². The minimum atomic E-state index is -0.762. The molecule has 1 aliphatic carbocycles. The van der Waals surface area contributed by atoms with Crippen molar-refractivity contribution in [2.75, 3.05) is 0 Å². The van der Waals surface area contributed by atoms with Gasteiger partial charge in [0.2, 0.25) is 0 Å². The van der Waals surface area contributed by atoms with E-state index < -0.39 is 30.0 Å². The van der Waals surface area contributed by atoms with Crippen LogP contribution in [-0.2, 0) is 6.42 Å². The maximum Gasteiger partial charge on any atom is 0.135 e. The van der Waals surface area contributed by atoms with Gasteiger partial charge in [0.15, 0.2) is 0 Å². The Balaban J connectivity index is 1.35. The maximum absolute atomic E-state index is 12.8. The van der Waals surface area contributed by atoms with Crippen molar-refractivity contribution >= 4 is 0 Å². The molecule has 52 heavy (non-hydrogen) atoms. The molecule has 0 saturated heterocycles. The highest BCUT2D eigenvalue weighted by atomic mass is 16.5. The zero-order chi connectivity index (χ0) is 36.0. The third-order valence-corrected chi connectivity index (χ3v) is 10.5. The van der Waals surface area contributed by atoms with E-state index in [9.17, 15) is 40.9 Å². The quantitative estimate of drug-likeness (QED) is 0.0917. The van der Waals surface area contributed by atoms with Crippen LogP contribution in [0.25, 0.3) is 0 Å². The van der Waals surface area contributed by atoms with Gasteiger partial charge in [-0.1, -0.05) is 30.3 Å². The van der Waals surface area contributed by atoms with Gasteiger partial charge in [0.05, 0.1) is 11.8 Å². The highest BCUT2D eigenvalue weighted by Crippen LogP contribution is 2.63. The molecule has 0 spiro atoms. The van der Waals surface area contributed by atoms with E-state index in [0.29, 0.717) is 44.9 Å². The van der Waals surface area contributed by atoms with Gasteiger partial charge in [-0.25, -0.2) is 0 Å². The van der Waals surface area contributed by atoms with Crippen LogP contribution in [0.5, 0.6) is 57.5 Å². The summed E-state index contributed by atoms with van der Waals surface area (Å²) in [6.45, 7) is 0. The van der Waals surface area contributed by atoms with Gasteiger partial charge in [-0.2, -0.15) is 0 Å². The number of fused-ring (bicyclic) bond motifs is 3. The summed E-state index contributed by atoms with van der Waals surface area (Å²) in [5, 5.41) is 86.6. The zero-order valence-electron chi connectivity index (χ0n) is 27.3. The lowest BCUT2D eigenvalue weighted by molar-refractivity contribution is 0.218. The number of hydrogen-bond donors (Lipinski definition) is 8. The molecule has 260 valence electrons. The predicted octanol–water partition coefficient (Wildman–Crippen LogP) is 7.55. The topological polar surface area (TPSA) is 180 Å². The fourth-order valence-corrected chi connectivity index (χ4v) is 8.44. The summed E-state index contributed by atoms with van der Waals surface area (Å²) in [6, 6.07) is 26.7. The lowest BCUT2D eigenvalue weighted by Crippen LogP contribution is -2.15. The van der Waals surface area contributed by atoms with Crippen LogP contribution in [0.1, 0.15) is 80.0 Å². The zero-order valence-corrected chi connectivity index (χ0v) is 27.3. The van der Waals surface area contributed by atoms with Gasteiger partial charge in [0, 0.05) is 46.4 Å². The Morgan fingerprint density at radius 3 is 1.60 bits per heavy atom. The number of aromatic hydroxyl groups is 8. The van der Waals surface area contributed by atoms with Crippen molar-refractivity contribution in [2.24, 2.45) is 0 Å². The molecule has 6 aromatic rings. The molecule has 8 N–H and O–H groups in total. The Bertz CT molecular complexity index is 2380. The summed E-state index contributed by atoms with van der Waals surface area (Å²) in [4.78, 5) is 0. The standard InChI is InChI=1S/C42H32O10/c43-23-5-1-19(2-6-23)41-36(21-11-26(46)15-27(47)12-21)39-34(52-41)18-31-37(40(39)50)30(29-10-9-25(45)16-32(29)49)14-22-13-28(48)17-33-35(22)38(31)42(51-33)20-3-7-24(44)8-4-20/h1-13,15-18,30,36,38,41-50H,14H2. The van der Waals surface area contributed by atoms with E-state index in [1.54, 1.807) is 54.6 Å². The van der Waals surface area contributed by atoms with Crippen LogP contribution in [0.15, 0.2) is 103 Å². The van der Waals surface area contributed by atoms with E-state index in [-0.39, 0.29) is 52.4 Å². The SMILES string of the molecule is Oc1ccc(C2Oc3cc4c(c(O)c3C2c2cc(O)cc(O)c2)C(c2ccc(O)cc2O)Cc2cc(O)cc3c2C4C(c2ccc(O)cc2)O3)cc1. The van der Waals surface area contributed by atoms with E-state index in [2.05, 4.69) is 0 Å². The summed E-state index contributed by atoms with van der Waals surface area (Å²) in [5.74, 6) is -1.92. The molecule has 0 amide bonds. The van der Waals surface area contributed by atoms with Crippen LogP contribution < -0.4 is 9.47 Å². The Labute approximate surface area is 296 Å². The first-order chi connectivity index (χ1) is 25.0. The molecule has 5 atom stereocenters. The molecule has 10 heteroatoms. The summed E-state index contributed by atoms with van der Waals surface area (Å²) < 4.78 is 13.3. The third kappa shape index (κ3) is 4.86. The number of ether oxygens (including phenoxy) is 2. The number of phenolic OH excluding ortho intramolecular Hbond substituents is 8. The van der Waals surface area contributed by atoms with Gasteiger partial charge >= 0.3 is 0 Å². The fourth-order valence-electron chi connectivity index (χ4n) is 8.44. The van der Waals surface area contributed by atoms with E-state index >= 15 is 0 Å². The fraction of sp³-hybridized carbons (Fsp3) is 0.143. The van der Waals surface area contributed by atoms with Gasteiger partial charge in [-0.3, -0.25) is 0 Å². The largest absolute Gasteiger partial charge is 0.508 e. The lowest BCUT2D eigenvalue weighted by atomic mass is 9.77. The van der Waals surface area contributed by atoms with Crippen molar-refractivity contribution in [3.63, 3.8) is 0 Å². The maximum atomic E-state index is 12.8.